The van der Waals surface area contributed by atoms with Gasteiger partial charge in [0.05, 0.1) is 15.5 Å². The van der Waals surface area contributed by atoms with Crippen molar-refractivity contribution in [2.75, 3.05) is 4.31 Å². The first-order valence-corrected chi connectivity index (χ1v) is 7.56. The Labute approximate surface area is 127 Å². The van der Waals surface area contributed by atoms with Crippen LogP contribution in [0.5, 0.6) is 0 Å². The Morgan fingerprint density at radius 3 is 2.32 bits per heavy atom. The Kier molecular flexibility index (Phi) is 4.10. The highest BCUT2D eigenvalue weighted by Crippen LogP contribution is 2.25. The maximum atomic E-state index is 12.5. The zero-order valence-electron chi connectivity index (χ0n) is 11.5. The van der Waals surface area contributed by atoms with Crippen LogP contribution >= 0.6 is 0 Å². The van der Waals surface area contributed by atoms with E-state index in [-0.39, 0.29) is 16.3 Å². The topological polar surface area (TPSA) is 104 Å². The van der Waals surface area contributed by atoms with E-state index in [1.165, 1.54) is 6.07 Å². The summed E-state index contributed by atoms with van der Waals surface area (Å²) in [6.07, 6.45) is 1.63. The molecule has 0 atom stereocenters. The number of nitro benzene ring substituents is 1. The number of non-ortho nitro benzene ring substituents is 1. The Bertz CT molecular complexity index is 854. The molecule has 2 aromatic rings. The molecular weight excluding hydrogens is 306 g/mol. The highest BCUT2D eigenvalue weighted by atomic mass is 32.2. The summed E-state index contributed by atoms with van der Waals surface area (Å²) in [5.74, 6) is 0. The van der Waals surface area contributed by atoms with Gasteiger partial charge in [-0.1, -0.05) is 12.1 Å². The second-order valence-electron chi connectivity index (χ2n) is 4.46. The number of rotatable bonds is 4. The van der Waals surface area contributed by atoms with E-state index in [1.807, 2.05) is 0 Å². The molecule has 2 rings (SSSR count). The lowest BCUT2D eigenvalue weighted by Crippen LogP contribution is -2.26. The van der Waals surface area contributed by atoms with E-state index in [0.717, 1.165) is 29.8 Å². The standard InChI is InChI=1S/C14H11N3O4S/c1-11-3-2-4-13(9-11)16(10-15)22(20,21)14-7-5-12(6-8-14)17(18)19/h2-9H,1H3. The van der Waals surface area contributed by atoms with Crippen LogP contribution in [0.4, 0.5) is 11.4 Å². The third-order valence-electron chi connectivity index (χ3n) is 2.91. The summed E-state index contributed by atoms with van der Waals surface area (Å²) in [6.45, 7) is 1.78. The van der Waals surface area contributed by atoms with Crippen LogP contribution in [0.15, 0.2) is 53.4 Å². The number of nitrogens with zero attached hydrogens (tertiary/aromatic N) is 3. The lowest BCUT2D eigenvalue weighted by atomic mass is 10.2. The molecule has 0 aliphatic heterocycles. The van der Waals surface area contributed by atoms with E-state index < -0.39 is 14.9 Å². The highest BCUT2D eigenvalue weighted by Gasteiger charge is 2.25. The Hall–Kier alpha value is -2.92. The summed E-state index contributed by atoms with van der Waals surface area (Å²) in [6, 6.07) is 10.8. The minimum absolute atomic E-state index is 0.193. The van der Waals surface area contributed by atoms with Gasteiger partial charge in [-0.05, 0) is 36.8 Å². The molecule has 0 fully saturated rings. The summed E-state index contributed by atoms with van der Waals surface area (Å²) in [5.41, 5.74) is 0.788. The summed E-state index contributed by atoms with van der Waals surface area (Å²) in [4.78, 5) is 9.78. The normalized spacial score (nSPS) is 10.7. The van der Waals surface area contributed by atoms with Crippen molar-refractivity contribution >= 4 is 21.4 Å². The molecule has 22 heavy (non-hydrogen) atoms. The van der Waals surface area contributed by atoms with E-state index in [9.17, 15) is 23.8 Å². The van der Waals surface area contributed by atoms with Crippen LogP contribution in [0.25, 0.3) is 0 Å². The Morgan fingerprint density at radius 2 is 1.82 bits per heavy atom. The molecule has 8 heteroatoms. The second kappa shape index (κ2) is 5.83. The van der Waals surface area contributed by atoms with Gasteiger partial charge in [-0.25, -0.2) is 0 Å². The van der Waals surface area contributed by atoms with Gasteiger partial charge in [0, 0.05) is 12.1 Å². The van der Waals surface area contributed by atoms with Crippen LogP contribution in [0.1, 0.15) is 5.56 Å². The lowest BCUT2D eigenvalue weighted by Gasteiger charge is -2.16. The molecule has 0 aliphatic carbocycles. The molecule has 0 amide bonds. The highest BCUT2D eigenvalue weighted by molar-refractivity contribution is 7.93. The van der Waals surface area contributed by atoms with Gasteiger partial charge in [0.2, 0.25) is 0 Å². The second-order valence-corrected chi connectivity index (χ2v) is 6.25. The number of aryl methyl sites for hydroxylation is 1. The lowest BCUT2D eigenvalue weighted by molar-refractivity contribution is -0.384. The van der Waals surface area contributed by atoms with E-state index in [1.54, 1.807) is 31.3 Å². The average molecular weight is 317 g/mol. The van der Waals surface area contributed by atoms with Crippen LogP contribution in [0.3, 0.4) is 0 Å². The fraction of sp³-hybridized carbons (Fsp3) is 0.0714. The van der Waals surface area contributed by atoms with Crippen molar-refractivity contribution in [2.24, 2.45) is 0 Å². The van der Waals surface area contributed by atoms with Gasteiger partial charge in [-0.15, -0.1) is 0 Å². The van der Waals surface area contributed by atoms with Gasteiger partial charge in [0.25, 0.3) is 15.7 Å². The summed E-state index contributed by atoms with van der Waals surface area (Å²) in [5, 5.41) is 19.8. The maximum absolute atomic E-state index is 12.5. The number of benzene rings is 2. The van der Waals surface area contributed by atoms with E-state index in [4.69, 9.17) is 0 Å². The van der Waals surface area contributed by atoms with Crippen LogP contribution in [0.2, 0.25) is 0 Å². The minimum Gasteiger partial charge on any atom is -0.258 e. The van der Waals surface area contributed by atoms with Gasteiger partial charge in [-0.2, -0.15) is 18.0 Å². The average Bonchev–Trinajstić information content (AvgIpc) is 2.48. The van der Waals surface area contributed by atoms with Gasteiger partial charge in [0.15, 0.2) is 6.19 Å². The number of sulfonamides is 1. The fourth-order valence-electron chi connectivity index (χ4n) is 1.85. The molecule has 2 aromatic carbocycles. The molecule has 0 aromatic heterocycles. The first-order chi connectivity index (χ1) is 10.4. The third-order valence-corrected chi connectivity index (χ3v) is 4.55. The summed E-state index contributed by atoms with van der Waals surface area (Å²) < 4.78 is 25.6. The van der Waals surface area contributed by atoms with Crippen LogP contribution < -0.4 is 4.31 Å². The predicted octanol–water partition coefficient (Wildman–Crippen LogP) is 2.58. The largest absolute Gasteiger partial charge is 0.276 e. The molecule has 7 nitrogen and oxygen atoms in total. The monoisotopic (exact) mass is 317 g/mol. The number of hydrogen-bond donors (Lipinski definition) is 0. The van der Waals surface area contributed by atoms with E-state index in [0.29, 0.717) is 4.31 Å². The SMILES string of the molecule is Cc1cccc(N(C#N)S(=O)(=O)c2ccc([N+](=O)[O-])cc2)c1. The molecule has 0 unspecified atom stereocenters. The first-order valence-electron chi connectivity index (χ1n) is 6.12. The fourth-order valence-corrected chi connectivity index (χ4v) is 3.04. The third kappa shape index (κ3) is 2.89. The molecule has 0 bridgehead atoms. The van der Waals surface area contributed by atoms with Crippen molar-refractivity contribution in [3.8, 4) is 6.19 Å². The molecule has 112 valence electrons. The number of nitriles is 1. The van der Waals surface area contributed by atoms with Crippen molar-refractivity contribution in [2.45, 2.75) is 11.8 Å². The quantitative estimate of drug-likeness (QED) is 0.373. The summed E-state index contributed by atoms with van der Waals surface area (Å²) >= 11 is 0. The molecule has 0 aliphatic rings. The zero-order chi connectivity index (χ0) is 16.3. The van der Waals surface area contributed by atoms with Crippen molar-refractivity contribution in [3.63, 3.8) is 0 Å². The minimum atomic E-state index is -4.11. The van der Waals surface area contributed by atoms with Crippen molar-refractivity contribution in [1.29, 1.82) is 5.26 Å². The summed E-state index contributed by atoms with van der Waals surface area (Å²) in [7, 11) is -4.11. The molecule has 0 saturated heterocycles. The predicted molar refractivity (Wildman–Crippen MR) is 79.6 cm³/mol. The molecular formula is C14H11N3O4S. The maximum Gasteiger partial charge on any atom is 0.276 e. The van der Waals surface area contributed by atoms with Gasteiger partial charge in [0.1, 0.15) is 0 Å². The Balaban J connectivity index is 2.48. The first kappa shape index (κ1) is 15.5. The number of hydrogen-bond acceptors (Lipinski definition) is 5. The van der Waals surface area contributed by atoms with E-state index in [2.05, 4.69) is 0 Å². The Morgan fingerprint density at radius 1 is 1.18 bits per heavy atom. The number of nitro groups is 1. The van der Waals surface area contributed by atoms with Crippen LogP contribution in [0, 0.1) is 28.5 Å². The van der Waals surface area contributed by atoms with Crippen molar-refractivity contribution in [3.05, 3.63) is 64.2 Å². The molecule has 0 spiro atoms. The molecule has 0 N–H and O–H groups in total. The smallest absolute Gasteiger partial charge is 0.258 e. The van der Waals surface area contributed by atoms with Crippen LogP contribution in [-0.2, 0) is 10.0 Å². The molecule has 0 saturated carbocycles. The number of anilines is 1. The van der Waals surface area contributed by atoms with E-state index >= 15 is 0 Å². The van der Waals surface area contributed by atoms with Crippen molar-refractivity contribution in [1.82, 2.24) is 0 Å². The van der Waals surface area contributed by atoms with Crippen molar-refractivity contribution < 1.29 is 13.3 Å². The molecule has 0 heterocycles. The van der Waals surface area contributed by atoms with Crippen LogP contribution in [-0.4, -0.2) is 13.3 Å². The zero-order valence-corrected chi connectivity index (χ0v) is 12.3. The van der Waals surface area contributed by atoms with Gasteiger partial charge < -0.3 is 0 Å². The molecule has 0 radical (unpaired) electrons. The van der Waals surface area contributed by atoms with Gasteiger partial charge in [-0.3, -0.25) is 10.1 Å². The van der Waals surface area contributed by atoms with Gasteiger partial charge >= 0.3 is 0 Å².